The van der Waals surface area contributed by atoms with Crippen molar-refractivity contribution in [3.63, 3.8) is 0 Å². The van der Waals surface area contributed by atoms with Crippen LogP contribution < -0.4 is 5.32 Å². The van der Waals surface area contributed by atoms with Crippen LogP contribution in [0, 0.1) is 0 Å². The van der Waals surface area contributed by atoms with E-state index >= 15 is 0 Å². The summed E-state index contributed by atoms with van der Waals surface area (Å²) in [7, 11) is -0.742. The Hall–Kier alpha value is -2.42. The van der Waals surface area contributed by atoms with E-state index < -0.39 is 28.5 Å². The average Bonchev–Trinajstić information content (AvgIpc) is 2.64. The Morgan fingerprint density at radius 3 is 2.37 bits per heavy atom. The lowest BCUT2D eigenvalue weighted by Gasteiger charge is -2.11. The van der Waals surface area contributed by atoms with Crippen LogP contribution in [-0.2, 0) is 26.1 Å². The van der Waals surface area contributed by atoms with E-state index in [9.17, 15) is 18.0 Å². The first kappa shape index (κ1) is 20.9. The van der Waals surface area contributed by atoms with E-state index in [2.05, 4.69) is 5.32 Å². The molecule has 0 radical (unpaired) electrons. The second-order valence-electron chi connectivity index (χ2n) is 5.79. The number of benzene rings is 2. The Morgan fingerprint density at radius 2 is 1.78 bits per heavy atom. The molecule has 27 heavy (non-hydrogen) atoms. The lowest BCUT2D eigenvalue weighted by molar-refractivity contribution is -0.124. The number of nitrogens with one attached hydrogen (secondary N) is 1. The molecule has 0 bridgehead atoms. The first-order chi connectivity index (χ1) is 12.7. The second kappa shape index (κ2) is 8.98. The predicted molar refractivity (Wildman–Crippen MR) is 101 cm³/mol. The van der Waals surface area contributed by atoms with Gasteiger partial charge in [-0.15, -0.1) is 0 Å². The van der Waals surface area contributed by atoms with Gasteiger partial charge < -0.3 is 10.1 Å². The number of amides is 1. The zero-order chi connectivity index (χ0) is 20.0. The highest BCUT2D eigenvalue weighted by Gasteiger charge is 2.18. The molecule has 144 valence electrons. The molecule has 0 fully saturated rings. The number of halogens is 1. The van der Waals surface area contributed by atoms with Gasteiger partial charge in [-0.25, -0.2) is 17.5 Å². The van der Waals surface area contributed by atoms with Gasteiger partial charge in [0.1, 0.15) is 0 Å². The Labute approximate surface area is 162 Å². The van der Waals surface area contributed by atoms with Crippen molar-refractivity contribution in [2.75, 3.05) is 20.7 Å². The Bertz CT molecular complexity index is 927. The molecule has 0 spiro atoms. The maximum atomic E-state index is 12.0. The van der Waals surface area contributed by atoms with Gasteiger partial charge in [0.25, 0.3) is 5.91 Å². The summed E-state index contributed by atoms with van der Waals surface area (Å²) in [5.41, 5.74) is 0.968. The van der Waals surface area contributed by atoms with Crippen LogP contribution in [0.3, 0.4) is 0 Å². The third-order valence-electron chi connectivity index (χ3n) is 3.58. The Balaban J connectivity index is 1.87. The van der Waals surface area contributed by atoms with Crippen LogP contribution in [0.25, 0.3) is 0 Å². The fourth-order valence-electron chi connectivity index (χ4n) is 2.09. The first-order valence-electron chi connectivity index (χ1n) is 7.91. The molecule has 2 aromatic rings. The number of sulfonamides is 1. The molecule has 9 heteroatoms. The van der Waals surface area contributed by atoms with Crippen LogP contribution in [0.15, 0.2) is 53.4 Å². The summed E-state index contributed by atoms with van der Waals surface area (Å²) in [4.78, 5) is 23.8. The summed E-state index contributed by atoms with van der Waals surface area (Å²) < 4.78 is 30.0. The van der Waals surface area contributed by atoms with Crippen LogP contribution in [0.1, 0.15) is 15.9 Å². The fraction of sp³-hybridized carbons (Fsp3) is 0.222. The maximum absolute atomic E-state index is 12.0. The minimum Gasteiger partial charge on any atom is -0.452 e. The molecule has 7 nitrogen and oxygen atoms in total. The third-order valence-corrected chi connectivity index (χ3v) is 5.65. The summed E-state index contributed by atoms with van der Waals surface area (Å²) in [6.45, 7) is -0.189. The zero-order valence-corrected chi connectivity index (χ0v) is 16.4. The van der Waals surface area contributed by atoms with Gasteiger partial charge in [0.05, 0.1) is 10.5 Å². The quantitative estimate of drug-likeness (QED) is 0.705. The van der Waals surface area contributed by atoms with E-state index in [1.807, 2.05) is 6.07 Å². The van der Waals surface area contributed by atoms with Crippen molar-refractivity contribution in [1.82, 2.24) is 9.62 Å². The number of ether oxygens (including phenoxy) is 1. The Kier molecular flexibility index (Phi) is 6.95. The van der Waals surface area contributed by atoms with Crippen LogP contribution in [0.4, 0.5) is 0 Å². The second-order valence-corrected chi connectivity index (χ2v) is 8.38. The highest BCUT2D eigenvalue weighted by molar-refractivity contribution is 7.89. The zero-order valence-electron chi connectivity index (χ0n) is 14.8. The summed E-state index contributed by atoms with van der Waals surface area (Å²) in [6.07, 6.45) is 0. The molecule has 0 saturated carbocycles. The highest BCUT2D eigenvalue weighted by atomic mass is 35.5. The maximum Gasteiger partial charge on any atom is 0.338 e. The van der Waals surface area contributed by atoms with E-state index in [0.29, 0.717) is 5.02 Å². The topological polar surface area (TPSA) is 92.8 Å². The van der Waals surface area contributed by atoms with Gasteiger partial charge in [-0.1, -0.05) is 23.7 Å². The minimum atomic E-state index is -3.57. The molecule has 0 heterocycles. The molecule has 0 unspecified atom stereocenters. The summed E-state index contributed by atoms with van der Waals surface area (Å²) >= 11 is 5.86. The van der Waals surface area contributed by atoms with Crippen LogP contribution in [-0.4, -0.2) is 45.3 Å². The Morgan fingerprint density at radius 1 is 1.11 bits per heavy atom. The lowest BCUT2D eigenvalue weighted by Crippen LogP contribution is -2.28. The first-order valence-corrected chi connectivity index (χ1v) is 9.73. The number of hydrogen-bond donors (Lipinski definition) is 1. The molecule has 0 aliphatic rings. The van der Waals surface area contributed by atoms with Crippen molar-refractivity contribution in [3.8, 4) is 0 Å². The van der Waals surface area contributed by atoms with E-state index in [-0.39, 0.29) is 17.0 Å². The van der Waals surface area contributed by atoms with Gasteiger partial charge in [-0.05, 0) is 42.0 Å². The van der Waals surface area contributed by atoms with Crippen LogP contribution in [0.5, 0.6) is 0 Å². The molecule has 1 amide bonds. The molecule has 0 aliphatic heterocycles. The van der Waals surface area contributed by atoms with Gasteiger partial charge in [-0.3, -0.25) is 4.79 Å². The SMILES string of the molecule is CN(C)S(=O)(=O)c1ccc(C(=O)OCC(=O)NCc2cccc(Cl)c2)cc1. The van der Waals surface area contributed by atoms with Crippen molar-refractivity contribution < 1.29 is 22.7 Å². The predicted octanol–water partition coefficient (Wildman–Crippen LogP) is 2.06. The standard InChI is InChI=1S/C18H19ClN2O5S/c1-21(2)27(24,25)16-8-6-14(7-9-16)18(23)26-12-17(22)20-11-13-4-3-5-15(19)10-13/h3-10H,11-12H2,1-2H3,(H,20,22). The number of nitrogens with zero attached hydrogens (tertiary/aromatic N) is 1. The molecular weight excluding hydrogens is 392 g/mol. The van der Waals surface area contributed by atoms with Crippen molar-refractivity contribution in [1.29, 1.82) is 0 Å². The largest absolute Gasteiger partial charge is 0.452 e. The van der Waals surface area contributed by atoms with Gasteiger partial charge in [0.2, 0.25) is 10.0 Å². The minimum absolute atomic E-state index is 0.0586. The van der Waals surface area contributed by atoms with Crippen LogP contribution >= 0.6 is 11.6 Å². The van der Waals surface area contributed by atoms with Crippen LogP contribution in [0.2, 0.25) is 5.02 Å². The molecule has 0 saturated heterocycles. The third kappa shape index (κ3) is 5.78. The van der Waals surface area contributed by atoms with Crippen molar-refractivity contribution in [3.05, 3.63) is 64.7 Å². The van der Waals surface area contributed by atoms with Gasteiger partial charge in [-0.2, -0.15) is 0 Å². The van der Waals surface area contributed by atoms with Crippen molar-refractivity contribution in [2.45, 2.75) is 11.4 Å². The molecular formula is C18H19ClN2O5S. The molecule has 0 aromatic heterocycles. The molecule has 0 atom stereocenters. The van der Waals surface area contributed by atoms with Crippen molar-refractivity contribution >= 4 is 33.5 Å². The van der Waals surface area contributed by atoms with Gasteiger partial charge in [0, 0.05) is 25.7 Å². The average molecular weight is 411 g/mol. The number of esters is 1. The van der Waals surface area contributed by atoms with E-state index in [0.717, 1.165) is 9.87 Å². The molecule has 1 N–H and O–H groups in total. The lowest BCUT2D eigenvalue weighted by atomic mass is 10.2. The smallest absolute Gasteiger partial charge is 0.338 e. The van der Waals surface area contributed by atoms with Crippen molar-refractivity contribution in [2.24, 2.45) is 0 Å². The number of carbonyl (C=O) groups excluding carboxylic acids is 2. The monoisotopic (exact) mass is 410 g/mol. The number of carbonyl (C=O) groups is 2. The van der Waals surface area contributed by atoms with Gasteiger partial charge in [0.15, 0.2) is 6.61 Å². The van der Waals surface area contributed by atoms with E-state index in [1.165, 1.54) is 38.4 Å². The molecule has 2 aromatic carbocycles. The molecule has 2 rings (SSSR count). The fourth-order valence-corrected chi connectivity index (χ4v) is 3.20. The summed E-state index contributed by atoms with van der Waals surface area (Å²) in [5.74, 6) is -1.18. The van der Waals surface area contributed by atoms with E-state index in [4.69, 9.17) is 16.3 Å². The van der Waals surface area contributed by atoms with E-state index in [1.54, 1.807) is 18.2 Å². The summed E-state index contributed by atoms with van der Waals surface area (Å²) in [6, 6.07) is 12.3. The highest BCUT2D eigenvalue weighted by Crippen LogP contribution is 2.14. The van der Waals surface area contributed by atoms with Gasteiger partial charge >= 0.3 is 5.97 Å². The summed E-state index contributed by atoms with van der Waals surface area (Å²) in [5, 5.41) is 3.18. The normalized spacial score (nSPS) is 11.3. The number of hydrogen-bond acceptors (Lipinski definition) is 5. The number of rotatable bonds is 7. The molecule has 0 aliphatic carbocycles.